The summed E-state index contributed by atoms with van der Waals surface area (Å²) >= 11 is 3.51. The van der Waals surface area contributed by atoms with Gasteiger partial charge in [0.15, 0.2) is 0 Å². The summed E-state index contributed by atoms with van der Waals surface area (Å²) in [6.07, 6.45) is 2.29. The molecule has 0 radical (unpaired) electrons. The van der Waals surface area contributed by atoms with Crippen LogP contribution in [0.3, 0.4) is 0 Å². The van der Waals surface area contributed by atoms with Gasteiger partial charge in [0.05, 0.1) is 12.1 Å². The van der Waals surface area contributed by atoms with E-state index in [1.807, 2.05) is 53.6 Å². The van der Waals surface area contributed by atoms with Gasteiger partial charge in [0.2, 0.25) is 5.91 Å². The molecule has 2 heterocycles. The van der Waals surface area contributed by atoms with E-state index in [-0.39, 0.29) is 5.91 Å². The molecule has 0 saturated carbocycles. The van der Waals surface area contributed by atoms with Crippen LogP contribution in [0.1, 0.15) is 11.3 Å². The van der Waals surface area contributed by atoms with E-state index in [9.17, 15) is 4.79 Å². The van der Waals surface area contributed by atoms with Crippen molar-refractivity contribution in [3.05, 3.63) is 64.4 Å². The normalized spacial score (nSPS) is 15.6. The lowest BCUT2D eigenvalue weighted by Crippen LogP contribution is -2.48. The van der Waals surface area contributed by atoms with Gasteiger partial charge in [0.25, 0.3) is 0 Å². The van der Waals surface area contributed by atoms with Gasteiger partial charge in [-0.2, -0.15) is 0 Å². The molecule has 120 valence electrons. The van der Waals surface area contributed by atoms with Crippen molar-refractivity contribution in [1.82, 2.24) is 14.8 Å². The Labute approximate surface area is 145 Å². The molecule has 0 bridgehead atoms. The second kappa shape index (κ2) is 7.70. The van der Waals surface area contributed by atoms with E-state index in [1.165, 1.54) is 0 Å². The maximum Gasteiger partial charge on any atom is 0.227 e. The molecule has 1 aromatic heterocycles. The number of amides is 1. The SMILES string of the molecule is O=C(Cc1ccccc1Br)N1CCN(Cc2ccccn2)CC1. The van der Waals surface area contributed by atoms with E-state index in [2.05, 4.69) is 25.8 Å². The summed E-state index contributed by atoms with van der Waals surface area (Å²) in [5, 5.41) is 0. The fourth-order valence-electron chi connectivity index (χ4n) is 2.79. The van der Waals surface area contributed by atoms with Crippen LogP contribution < -0.4 is 0 Å². The molecule has 1 amide bonds. The summed E-state index contributed by atoms with van der Waals surface area (Å²) in [5.74, 6) is 0.203. The lowest BCUT2D eigenvalue weighted by Gasteiger charge is -2.34. The zero-order valence-corrected chi connectivity index (χ0v) is 14.6. The van der Waals surface area contributed by atoms with E-state index >= 15 is 0 Å². The van der Waals surface area contributed by atoms with Crippen LogP contribution in [0.25, 0.3) is 0 Å². The minimum absolute atomic E-state index is 0.203. The van der Waals surface area contributed by atoms with E-state index in [0.717, 1.165) is 48.5 Å². The van der Waals surface area contributed by atoms with Crippen LogP contribution in [0, 0.1) is 0 Å². The quantitative estimate of drug-likeness (QED) is 0.826. The standard InChI is InChI=1S/C18H20BrN3O/c19-17-7-2-1-5-15(17)13-18(23)22-11-9-21(10-12-22)14-16-6-3-4-8-20-16/h1-8H,9-14H2. The second-order valence-corrected chi connectivity index (χ2v) is 6.60. The first kappa shape index (κ1) is 16.1. The summed E-state index contributed by atoms with van der Waals surface area (Å²) < 4.78 is 1.00. The molecule has 0 N–H and O–H groups in total. The Morgan fingerprint density at radius 3 is 2.48 bits per heavy atom. The van der Waals surface area contributed by atoms with Crippen LogP contribution in [-0.4, -0.2) is 46.9 Å². The Morgan fingerprint density at radius 2 is 1.78 bits per heavy atom. The van der Waals surface area contributed by atoms with E-state index in [4.69, 9.17) is 0 Å². The molecule has 3 rings (SSSR count). The Morgan fingerprint density at radius 1 is 1.04 bits per heavy atom. The van der Waals surface area contributed by atoms with Gasteiger partial charge >= 0.3 is 0 Å². The number of hydrogen-bond donors (Lipinski definition) is 0. The fourth-order valence-corrected chi connectivity index (χ4v) is 3.22. The van der Waals surface area contributed by atoms with Gasteiger partial charge in [-0.25, -0.2) is 0 Å². The maximum absolute atomic E-state index is 12.5. The molecule has 5 heteroatoms. The maximum atomic E-state index is 12.5. The first-order chi connectivity index (χ1) is 11.2. The third-order valence-corrected chi connectivity index (χ3v) is 4.91. The number of pyridine rings is 1. The summed E-state index contributed by atoms with van der Waals surface area (Å²) in [7, 11) is 0. The van der Waals surface area contributed by atoms with Gasteiger partial charge in [-0.05, 0) is 23.8 Å². The van der Waals surface area contributed by atoms with Crippen molar-refractivity contribution >= 4 is 21.8 Å². The first-order valence-corrected chi connectivity index (χ1v) is 8.65. The Kier molecular flexibility index (Phi) is 5.41. The fraction of sp³-hybridized carbons (Fsp3) is 0.333. The third-order valence-electron chi connectivity index (χ3n) is 4.14. The summed E-state index contributed by atoms with van der Waals surface area (Å²) in [5.41, 5.74) is 2.13. The highest BCUT2D eigenvalue weighted by atomic mass is 79.9. The summed E-state index contributed by atoms with van der Waals surface area (Å²) in [6.45, 7) is 4.23. The Hall–Kier alpha value is -1.72. The molecular formula is C18H20BrN3O. The van der Waals surface area contributed by atoms with Crippen molar-refractivity contribution in [3.63, 3.8) is 0 Å². The van der Waals surface area contributed by atoms with Crippen molar-refractivity contribution in [2.75, 3.05) is 26.2 Å². The lowest BCUT2D eigenvalue weighted by atomic mass is 10.1. The number of rotatable bonds is 4. The number of hydrogen-bond acceptors (Lipinski definition) is 3. The van der Waals surface area contributed by atoms with E-state index < -0.39 is 0 Å². The molecule has 1 aliphatic rings. The molecule has 1 aliphatic heterocycles. The van der Waals surface area contributed by atoms with Crippen molar-refractivity contribution in [2.24, 2.45) is 0 Å². The summed E-state index contributed by atoms with van der Waals surface area (Å²) in [4.78, 5) is 21.1. The van der Waals surface area contributed by atoms with Gasteiger partial charge in [0.1, 0.15) is 0 Å². The first-order valence-electron chi connectivity index (χ1n) is 7.86. The molecule has 0 spiro atoms. The second-order valence-electron chi connectivity index (χ2n) is 5.75. The number of carbonyl (C=O) groups excluding carboxylic acids is 1. The minimum Gasteiger partial charge on any atom is -0.340 e. The number of halogens is 1. The van der Waals surface area contributed by atoms with Gasteiger partial charge in [-0.3, -0.25) is 14.7 Å². The molecule has 0 atom stereocenters. The van der Waals surface area contributed by atoms with E-state index in [0.29, 0.717) is 6.42 Å². The molecule has 23 heavy (non-hydrogen) atoms. The molecule has 1 fully saturated rings. The molecule has 0 unspecified atom stereocenters. The van der Waals surface area contributed by atoms with Crippen molar-refractivity contribution in [1.29, 1.82) is 0 Å². The highest BCUT2D eigenvalue weighted by molar-refractivity contribution is 9.10. The van der Waals surface area contributed by atoms with Gasteiger partial charge < -0.3 is 4.90 Å². The predicted molar refractivity (Wildman–Crippen MR) is 93.9 cm³/mol. The van der Waals surface area contributed by atoms with Crippen molar-refractivity contribution in [3.8, 4) is 0 Å². The topological polar surface area (TPSA) is 36.4 Å². The van der Waals surface area contributed by atoms with Crippen LogP contribution in [0.4, 0.5) is 0 Å². The third kappa shape index (κ3) is 4.39. The highest BCUT2D eigenvalue weighted by Gasteiger charge is 2.21. The monoisotopic (exact) mass is 373 g/mol. The van der Waals surface area contributed by atoms with E-state index in [1.54, 1.807) is 0 Å². The Bertz CT molecular complexity index is 654. The molecule has 0 aliphatic carbocycles. The minimum atomic E-state index is 0.203. The number of aromatic nitrogens is 1. The number of carbonyl (C=O) groups is 1. The van der Waals surface area contributed by atoms with Crippen LogP contribution >= 0.6 is 15.9 Å². The molecular weight excluding hydrogens is 354 g/mol. The molecule has 1 aromatic carbocycles. The van der Waals surface area contributed by atoms with Crippen molar-refractivity contribution in [2.45, 2.75) is 13.0 Å². The summed E-state index contributed by atoms with van der Waals surface area (Å²) in [6, 6.07) is 13.9. The smallest absolute Gasteiger partial charge is 0.227 e. The Balaban J connectivity index is 1.50. The van der Waals surface area contributed by atoms with Gasteiger partial charge in [-0.1, -0.05) is 40.2 Å². The largest absolute Gasteiger partial charge is 0.340 e. The van der Waals surface area contributed by atoms with Gasteiger partial charge in [-0.15, -0.1) is 0 Å². The molecule has 1 saturated heterocycles. The van der Waals surface area contributed by atoms with Crippen LogP contribution in [0.2, 0.25) is 0 Å². The average molecular weight is 374 g/mol. The van der Waals surface area contributed by atoms with Crippen LogP contribution in [0.15, 0.2) is 53.1 Å². The molecule has 2 aromatic rings. The number of piperazine rings is 1. The number of nitrogens with zero attached hydrogens (tertiary/aromatic N) is 3. The van der Waals surface area contributed by atoms with Crippen LogP contribution in [0.5, 0.6) is 0 Å². The number of benzene rings is 1. The zero-order valence-electron chi connectivity index (χ0n) is 13.0. The lowest BCUT2D eigenvalue weighted by molar-refractivity contribution is -0.132. The van der Waals surface area contributed by atoms with Crippen molar-refractivity contribution < 1.29 is 4.79 Å². The zero-order chi connectivity index (χ0) is 16.1. The van der Waals surface area contributed by atoms with Crippen LogP contribution in [-0.2, 0) is 17.8 Å². The predicted octanol–water partition coefficient (Wildman–Crippen LogP) is 2.73. The highest BCUT2D eigenvalue weighted by Crippen LogP contribution is 2.17. The van der Waals surface area contributed by atoms with Gasteiger partial charge in [0, 0.05) is 43.4 Å². The molecule has 4 nitrogen and oxygen atoms in total. The average Bonchev–Trinajstić information content (AvgIpc) is 2.58.